The van der Waals surface area contributed by atoms with Crippen LogP contribution in [-0.2, 0) is 28.8 Å². The lowest BCUT2D eigenvalue weighted by Gasteiger charge is -2.38. The van der Waals surface area contributed by atoms with Crippen LogP contribution in [-0.4, -0.2) is 178 Å². The maximum Gasteiger partial charge on any atom is 0.228 e. The molecule has 0 aromatic carbocycles. The molecule has 3 unspecified atom stereocenters. The summed E-state index contributed by atoms with van der Waals surface area (Å²) in [4.78, 5) is 69.8. The number of hydrogen-bond acceptors (Lipinski definition) is 19. The zero-order valence-electron chi connectivity index (χ0n) is 44.2. The Balaban J connectivity index is 0.000000323. The summed E-state index contributed by atoms with van der Waals surface area (Å²) in [6, 6.07) is 0. The van der Waals surface area contributed by atoms with Crippen LogP contribution in [0.1, 0.15) is 137 Å². The Morgan fingerprint density at radius 1 is 0.522 bits per heavy atom. The minimum Gasteiger partial charge on any atom is -0.550 e. The third-order valence-electron chi connectivity index (χ3n) is 16.0. The first-order valence-corrected chi connectivity index (χ1v) is 23.8. The van der Waals surface area contributed by atoms with Crippen LogP contribution in [0.3, 0.4) is 0 Å². The van der Waals surface area contributed by atoms with E-state index in [0.29, 0.717) is 56.9 Å². The molecule has 5 rings (SSSR count). The molecule has 69 heavy (non-hydrogen) atoms. The second kappa shape index (κ2) is 21.6. The Kier molecular flexibility index (Phi) is 19.3. The molecule has 5 heterocycles. The molecule has 5 saturated heterocycles. The third-order valence-corrected chi connectivity index (χ3v) is 16.0. The highest BCUT2D eigenvalue weighted by Crippen LogP contribution is 2.48. The number of carbonyl (C=O) groups is 6. The Morgan fingerprint density at radius 2 is 0.913 bits per heavy atom. The smallest absolute Gasteiger partial charge is 0.228 e. The number of nitrogens with one attached hydrogen (secondary N) is 2. The van der Waals surface area contributed by atoms with Crippen molar-refractivity contribution in [1.29, 1.82) is 0 Å². The minimum absolute atomic E-state index is 0.00555. The van der Waals surface area contributed by atoms with Gasteiger partial charge in [0.1, 0.15) is 19.6 Å². The van der Waals surface area contributed by atoms with E-state index in [9.17, 15) is 75.1 Å². The molecule has 0 aromatic heterocycles. The molecule has 0 spiro atoms. The van der Waals surface area contributed by atoms with Crippen LogP contribution in [0.4, 0.5) is 0 Å². The van der Waals surface area contributed by atoms with Crippen LogP contribution in [0.15, 0.2) is 0 Å². The number of hydrogen-bond donors (Lipinski definition) is 6. The van der Waals surface area contributed by atoms with Gasteiger partial charge in [-0.3, -0.25) is 4.79 Å². The van der Waals surface area contributed by atoms with E-state index in [-0.39, 0.29) is 43.3 Å². The number of piperazine rings is 1. The monoisotopic (exact) mass is 987 g/mol. The van der Waals surface area contributed by atoms with Crippen molar-refractivity contribution >= 4 is 35.8 Å². The first-order chi connectivity index (χ1) is 30.8. The summed E-state index contributed by atoms with van der Waals surface area (Å²) in [7, 11) is 0. The van der Waals surface area contributed by atoms with Crippen molar-refractivity contribution in [3.05, 3.63) is 0 Å². The maximum absolute atomic E-state index is 12.8. The molecule has 5 fully saturated rings. The molecule has 6 N–H and O–H groups in total. The minimum atomic E-state index is -1.29. The first-order valence-electron chi connectivity index (χ1n) is 23.8. The quantitative estimate of drug-likeness (QED) is 0.113. The van der Waals surface area contributed by atoms with Crippen molar-refractivity contribution in [2.24, 2.45) is 29.6 Å². The number of carbonyl (C=O) groups excluding carboxylic acids is 6. The Bertz CT molecular complexity index is 1840. The molecule has 400 valence electrons. The summed E-state index contributed by atoms with van der Waals surface area (Å²) in [5.74, 6) is -7.46. The Labute approximate surface area is 408 Å². The van der Waals surface area contributed by atoms with Gasteiger partial charge in [0.25, 0.3) is 0 Å². The number of nitrogens with zero attached hydrogens (tertiary/aromatic N) is 5. The lowest BCUT2D eigenvalue weighted by atomic mass is 9.78. The fraction of sp³-hybridized carbons (Fsp3) is 0.872. The number of amides is 1. The van der Waals surface area contributed by atoms with Crippen LogP contribution < -0.4 is 35.3 Å². The Morgan fingerprint density at radius 3 is 1.17 bits per heavy atom. The Hall–Kier alpha value is -3.58. The highest BCUT2D eigenvalue weighted by atomic mass is 16.5. The number of carboxylic acid groups (broad SMARTS) is 5. The van der Waals surface area contributed by atoms with E-state index < -0.39 is 86.0 Å². The van der Waals surface area contributed by atoms with Gasteiger partial charge in [-0.05, 0) is 136 Å². The normalized spacial score (nSPS) is 29.7. The summed E-state index contributed by atoms with van der Waals surface area (Å²) in [6.45, 7) is 33.1. The van der Waals surface area contributed by atoms with Gasteiger partial charge in [-0.1, -0.05) is 6.92 Å². The number of aliphatic carboxylic acids is 5. The molecule has 0 bridgehead atoms. The molecule has 0 aromatic rings. The third kappa shape index (κ3) is 13.7. The van der Waals surface area contributed by atoms with Gasteiger partial charge in [-0.25, -0.2) is 0 Å². The van der Waals surface area contributed by atoms with Gasteiger partial charge in [-0.2, -0.15) is 20.3 Å². The second-order valence-electron chi connectivity index (χ2n) is 24.4. The molecule has 5 atom stereocenters. The number of rotatable bonds is 11. The van der Waals surface area contributed by atoms with Crippen molar-refractivity contribution in [2.75, 3.05) is 52.4 Å². The second-order valence-corrected chi connectivity index (χ2v) is 24.4. The molecule has 22 heteroatoms. The summed E-state index contributed by atoms with van der Waals surface area (Å²) < 4.78 is 0. The molecule has 0 saturated carbocycles. The molecule has 22 nitrogen and oxygen atoms in total. The van der Waals surface area contributed by atoms with Gasteiger partial charge in [-0.15, -0.1) is 0 Å². The van der Waals surface area contributed by atoms with Gasteiger partial charge >= 0.3 is 0 Å². The van der Waals surface area contributed by atoms with Crippen LogP contribution in [0.2, 0.25) is 0 Å². The van der Waals surface area contributed by atoms with Gasteiger partial charge in [0, 0.05) is 68.5 Å². The standard InChI is InChI=1S/C15H27N3O4.C13H24N2O5.C10H19NO3.C9H17NO3/c1-14(2)9-11(15(3,4)18(14)22)13(21)17-7-5-16(6-8-17)10-12(19)20;1-12(2)5-9(13(3,4)15(12)20)6-14(7-10(16)17)8-11(18)19;1-6-7(8(12)13)10(4,5)11(14)9(6,2)3;1-8(2)5-6(7(11)12)9(3,4)10(8)13/h11,22H,5-10H2,1-4H3,(H,19,20);9,20H,5-8H2,1-4H3,(H,16,17)(H,18,19);6-7,14H,1-5H3,(H,12,13);6,13H,5H2,1-4H3,(H,11,12)/p-3/t;;6-,7+;/m..1./s1. The average molecular weight is 987 g/mol. The van der Waals surface area contributed by atoms with E-state index in [1.807, 2.05) is 90.0 Å². The van der Waals surface area contributed by atoms with Crippen LogP contribution in [0, 0.1) is 29.6 Å². The average Bonchev–Trinajstić information content (AvgIpc) is 3.60. The molecule has 5 aliphatic heterocycles. The first kappa shape index (κ1) is 61.5. The summed E-state index contributed by atoms with van der Waals surface area (Å²) >= 11 is 0. The summed E-state index contributed by atoms with van der Waals surface area (Å²) in [5.41, 5.74) is -4.55. The fourth-order valence-electron chi connectivity index (χ4n) is 11.7. The van der Waals surface area contributed by atoms with Crippen molar-refractivity contribution < 1.29 is 84.9 Å². The van der Waals surface area contributed by atoms with E-state index in [1.165, 1.54) is 10.1 Å². The lowest BCUT2D eigenvalue weighted by Crippen LogP contribution is -3.16. The lowest BCUT2D eigenvalue weighted by molar-refractivity contribution is -0.898. The molecule has 1 amide bonds. The number of carboxylic acids is 5. The van der Waals surface area contributed by atoms with Gasteiger partial charge < -0.3 is 85.0 Å². The highest BCUT2D eigenvalue weighted by Gasteiger charge is 2.58. The summed E-state index contributed by atoms with van der Waals surface area (Å²) in [6.07, 6.45) is 1.68. The maximum atomic E-state index is 12.8. The molecule has 0 radical (unpaired) electrons. The number of hydroxylamine groups is 8. The number of quaternary nitrogens is 2. The van der Waals surface area contributed by atoms with Crippen LogP contribution in [0.5, 0.6) is 0 Å². The molecular weight excluding hydrogens is 903 g/mol. The van der Waals surface area contributed by atoms with Crippen molar-refractivity contribution in [3.63, 3.8) is 0 Å². The van der Waals surface area contributed by atoms with Crippen molar-refractivity contribution in [2.45, 2.75) is 181 Å². The van der Waals surface area contributed by atoms with Gasteiger partial charge in [0.05, 0.1) is 62.1 Å². The van der Waals surface area contributed by atoms with E-state index in [4.69, 9.17) is 0 Å². The van der Waals surface area contributed by atoms with Gasteiger partial charge in [0.2, 0.25) is 5.91 Å². The van der Waals surface area contributed by atoms with Crippen molar-refractivity contribution in [3.8, 4) is 0 Å². The van der Waals surface area contributed by atoms with Gasteiger partial charge in [0.15, 0.2) is 0 Å². The highest BCUT2D eigenvalue weighted by molar-refractivity contribution is 5.81. The molecular formula is C47H84N7O15-3. The SMILES string of the molecule is CC1(C)CC(C(=O)N2CC[NH+](CC(=O)[O-])CC2)C(C)(C)N1O.CC1(C)CC(C(=O)[O-])C(C)(C)N1O.CC1(C)CC(C[NH+](CC(=O)[O-])CC(=O)[O-])C(C)(C)N1O.C[C@@H]1[C@@H](C(=O)[O-])C(C)(C)N(O)C1(C)C. The molecule has 0 aliphatic carbocycles. The fourth-order valence-corrected chi connectivity index (χ4v) is 11.7. The summed E-state index contributed by atoms with van der Waals surface area (Å²) in [5, 5.41) is 98.9. The molecule has 5 aliphatic rings. The van der Waals surface area contributed by atoms with Crippen LogP contribution in [0.25, 0.3) is 0 Å². The zero-order valence-corrected chi connectivity index (χ0v) is 44.2. The van der Waals surface area contributed by atoms with Crippen LogP contribution >= 0.6 is 0 Å². The predicted octanol–water partition coefficient (Wildman–Crippen LogP) is -5.37. The topological polar surface area (TPSA) is 324 Å². The zero-order chi connectivity index (χ0) is 54.2. The van der Waals surface area contributed by atoms with E-state index in [1.54, 1.807) is 32.6 Å². The predicted molar refractivity (Wildman–Crippen MR) is 237 cm³/mol. The van der Waals surface area contributed by atoms with E-state index in [0.717, 1.165) is 15.0 Å². The van der Waals surface area contributed by atoms with E-state index in [2.05, 4.69) is 0 Å². The van der Waals surface area contributed by atoms with Crippen molar-refractivity contribution in [1.82, 2.24) is 25.2 Å². The van der Waals surface area contributed by atoms with E-state index >= 15 is 0 Å². The largest absolute Gasteiger partial charge is 0.550 e.